The molecule has 22 heavy (non-hydrogen) atoms. The average molecular weight is 354 g/mol. The minimum absolute atomic E-state index is 0. The van der Waals surface area contributed by atoms with Gasteiger partial charge in [-0.05, 0) is 13.0 Å². The van der Waals surface area contributed by atoms with Crippen LogP contribution in [0.15, 0.2) is 23.1 Å². The van der Waals surface area contributed by atoms with Crippen LogP contribution in [0.4, 0.5) is 5.69 Å². The van der Waals surface area contributed by atoms with Crippen molar-refractivity contribution in [3.8, 4) is 0 Å². The number of hydrogen-bond donors (Lipinski definition) is 2. The van der Waals surface area contributed by atoms with E-state index in [-0.39, 0.29) is 29.5 Å². The van der Waals surface area contributed by atoms with Gasteiger partial charge in [0.2, 0.25) is 10.0 Å². The number of nitrogens with one attached hydrogen (secondary N) is 2. The molecule has 0 amide bonds. The van der Waals surface area contributed by atoms with Crippen molar-refractivity contribution >= 4 is 28.1 Å². The van der Waals surface area contributed by atoms with E-state index in [4.69, 9.17) is 4.74 Å². The van der Waals surface area contributed by atoms with Crippen molar-refractivity contribution in [2.75, 3.05) is 33.4 Å². The topological polar surface area (TPSA) is 111 Å². The minimum Gasteiger partial charge on any atom is -0.383 e. The highest BCUT2D eigenvalue weighted by atomic mass is 35.5. The van der Waals surface area contributed by atoms with Crippen LogP contribution in [0.3, 0.4) is 0 Å². The molecule has 0 aliphatic heterocycles. The Labute approximate surface area is 135 Å². The molecular weight excluding hydrogens is 334 g/mol. The zero-order valence-electron chi connectivity index (χ0n) is 12.4. The third kappa shape index (κ3) is 6.24. The summed E-state index contributed by atoms with van der Waals surface area (Å²) in [6, 6.07) is 3.84. The highest BCUT2D eigenvalue weighted by Crippen LogP contribution is 2.21. The maximum atomic E-state index is 12.0. The van der Waals surface area contributed by atoms with Gasteiger partial charge in [0.25, 0.3) is 5.69 Å². The number of methoxy groups -OCH3 is 1. The Bertz CT molecular complexity index is 594. The van der Waals surface area contributed by atoms with Gasteiger partial charge in [0.1, 0.15) is 0 Å². The third-order valence-electron chi connectivity index (χ3n) is 2.76. The van der Waals surface area contributed by atoms with Crippen molar-refractivity contribution in [2.24, 2.45) is 0 Å². The normalized spacial score (nSPS) is 11.0. The first kappa shape index (κ1) is 20.7. The van der Waals surface area contributed by atoms with Gasteiger partial charge in [-0.1, -0.05) is 6.07 Å². The average Bonchev–Trinajstić information content (AvgIpc) is 2.42. The van der Waals surface area contributed by atoms with Gasteiger partial charge in [0, 0.05) is 38.4 Å². The van der Waals surface area contributed by atoms with E-state index in [1.807, 2.05) is 0 Å². The predicted octanol–water partition coefficient (Wildman–Crippen LogP) is 0.839. The van der Waals surface area contributed by atoms with Crippen molar-refractivity contribution in [2.45, 2.75) is 11.8 Å². The van der Waals surface area contributed by atoms with Crippen LogP contribution in [0.1, 0.15) is 5.56 Å². The summed E-state index contributed by atoms with van der Waals surface area (Å²) in [5, 5.41) is 13.8. The molecule has 0 radical (unpaired) electrons. The van der Waals surface area contributed by atoms with Gasteiger partial charge in [-0.25, -0.2) is 13.1 Å². The van der Waals surface area contributed by atoms with Crippen LogP contribution in [-0.4, -0.2) is 46.7 Å². The number of nitrogens with zero attached hydrogens (tertiary/aromatic N) is 1. The van der Waals surface area contributed by atoms with E-state index >= 15 is 0 Å². The lowest BCUT2D eigenvalue weighted by Crippen LogP contribution is -2.33. The van der Waals surface area contributed by atoms with Crippen LogP contribution >= 0.6 is 12.4 Å². The van der Waals surface area contributed by atoms with Gasteiger partial charge in [-0.15, -0.1) is 12.4 Å². The molecule has 1 aromatic carbocycles. The second-order valence-electron chi connectivity index (χ2n) is 4.35. The van der Waals surface area contributed by atoms with Gasteiger partial charge >= 0.3 is 0 Å². The Morgan fingerprint density at radius 3 is 2.55 bits per heavy atom. The second kappa shape index (κ2) is 9.70. The fourth-order valence-corrected chi connectivity index (χ4v) is 2.66. The molecule has 2 N–H and O–H groups in total. The van der Waals surface area contributed by atoms with Gasteiger partial charge in [-0.3, -0.25) is 10.1 Å². The van der Waals surface area contributed by atoms with Crippen molar-refractivity contribution in [3.05, 3.63) is 33.9 Å². The van der Waals surface area contributed by atoms with Gasteiger partial charge in [0.05, 0.1) is 16.4 Å². The second-order valence-corrected chi connectivity index (χ2v) is 6.11. The highest BCUT2D eigenvalue weighted by Gasteiger charge is 2.19. The molecule has 0 aromatic heterocycles. The summed E-state index contributed by atoms with van der Waals surface area (Å²) in [6.45, 7) is 3.34. The lowest BCUT2D eigenvalue weighted by atomic mass is 10.2. The maximum absolute atomic E-state index is 12.0. The molecule has 0 aliphatic carbocycles. The number of benzene rings is 1. The van der Waals surface area contributed by atoms with Crippen LogP contribution in [-0.2, 0) is 14.8 Å². The Hall–Kier alpha value is -1.26. The lowest BCUT2D eigenvalue weighted by molar-refractivity contribution is -0.385. The molecular formula is C12H20ClN3O5S. The highest BCUT2D eigenvalue weighted by molar-refractivity contribution is 7.89. The first-order valence-electron chi connectivity index (χ1n) is 6.33. The molecule has 126 valence electrons. The molecule has 0 unspecified atom stereocenters. The molecule has 0 saturated heterocycles. The van der Waals surface area contributed by atoms with Crippen molar-refractivity contribution in [3.63, 3.8) is 0 Å². The summed E-state index contributed by atoms with van der Waals surface area (Å²) in [4.78, 5) is 10.1. The van der Waals surface area contributed by atoms with E-state index in [0.29, 0.717) is 25.3 Å². The minimum atomic E-state index is -3.75. The molecule has 0 bridgehead atoms. The lowest BCUT2D eigenvalue weighted by Gasteiger charge is -2.08. The van der Waals surface area contributed by atoms with E-state index in [9.17, 15) is 18.5 Å². The molecule has 0 atom stereocenters. The summed E-state index contributed by atoms with van der Waals surface area (Å²) in [6.07, 6.45) is 0. The Morgan fingerprint density at radius 1 is 1.27 bits per heavy atom. The van der Waals surface area contributed by atoms with Crippen LogP contribution in [0.2, 0.25) is 0 Å². The maximum Gasteiger partial charge on any atom is 0.273 e. The number of sulfonamides is 1. The molecule has 0 aliphatic rings. The fraction of sp³-hybridized carbons (Fsp3) is 0.500. The third-order valence-corrected chi connectivity index (χ3v) is 4.22. The number of halogens is 1. The number of hydrogen-bond acceptors (Lipinski definition) is 6. The first-order chi connectivity index (χ1) is 9.88. The van der Waals surface area contributed by atoms with Crippen molar-refractivity contribution in [1.29, 1.82) is 0 Å². The summed E-state index contributed by atoms with van der Waals surface area (Å²) < 4.78 is 31.3. The predicted molar refractivity (Wildman–Crippen MR) is 85.0 cm³/mol. The molecule has 1 rings (SSSR count). The van der Waals surface area contributed by atoms with Gasteiger partial charge in [0.15, 0.2) is 0 Å². The molecule has 1 aromatic rings. The summed E-state index contributed by atoms with van der Waals surface area (Å²) in [7, 11) is -2.17. The van der Waals surface area contributed by atoms with Crippen LogP contribution in [0.5, 0.6) is 0 Å². The molecule has 0 spiro atoms. The number of nitro groups is 1. The molecule has 0 fully saturated rings. The van der Waals surface area contributed by atoms with E-state index < -0.39 is 14.9 Å². The molecule has 0 heterocycles. The Morgan fingerprint density at radius 2 is 1.95 bits per heavy atom. The van der Waals surface area contributed by atoms with Crippen molar-refractivity contribution < 1.29 is 18.1 Å². The van der Waals surface area contributed by atoms with Crippen LogP contribution < -0.4 is 10.0 Å². The SMILES string of the molecule is COCCNCCNS(=O)(=O)c1ccc(C)c([N+](=O)[O-])c1.Cl. The van der Waals surface area contributed by atoms with E-state index in [2.05, 4.69) is 10.0 Å². The standard InChI is InChI=1S/C12H19N3O5S.ClH/c1-10-3-4-11(9-12(10)15(16)17)21(18,19)14-6-5-13-7-8-20-2;/h3-4,9,13-14H,5-8H2,1-2H3;1H. The van der Waals surface area contributed by atoms with Gasteiger partial charge in [-0.2, -0.15) is 0 Å². The summed E-state index contributed by atoms with van der Waals surface area (Å²) in [5.41, 5.74) is 0.205. The summed E-state index contributed by atoms with van der Waals surface area (Å²) >= 11 is 0. The quantitative estimate of drug-likeness (QED) is 0.386. The zero-order chi connectivity index (χ0) is 15.9. The molecule has 8 nitrogen and oxygen atoms in total. The van der Waals surface area contributed by atoms with Crippen LogP contribution in [0.25, 0.3) is 0 Å². The van der Waals surface area contributed by atoms with Gasteiger partial charge < -0.3 is 10.1 Å². The smallest absolute Gasteiger partial charge is 0.273 e. The Balaban J connectivity index is 0.00000441. The molecule has 0 saturated carbocycles. The monoisotopic (exact) mass is 353 g/mol. The Kier molecular flexibility index (Phi) is 9.14. The van der Waals surface area contributed by atoms with Crippen LogP contribution in [0, 0.1) is 17.0 Å². The first-order valence-corrected chi connectivity index (χ1v) is 7.81. The molecule has 10 heteroatoms. The number of rotatable bonds is 9. The van der Waals surface area contributed by atoms with Crippen molar-refractivity contribution in [1.82, 2.24) is 10.0 Å². The van der Waals surface area contributed by atoms with E-state index in [1.54, 1.807) is 14.0 Å². The zero-order valence-corrected chi connectivity index (χ0v) is 14.0. The largest absolute Gasteiger partial charge is 0.383 e. The number of aryl methyl sites for hydroxylation is 1. The fourth-order valence-electron chi connectivity index (χ4n) is 1.61. The van der Waals surface area contributed by atoms with E-state index in [1.165, 1.54) is 12.1 Å². The summed E-state index contributed by atoms with van der Waals surface area (Å²) in [5.74, 6) is 0. The number of nitro benzene ring substituents is 1. The van der Waals surface area contributed by atoms with E-state index in [0.717, 1.165) is 6.07 Å². The number of ether oxygens (including phenoxy) is 1.